The third-order valence-electron chi connectivity index (χ3n) is 5.13. The molecule has 1 saturated carbocycles. The van der Waals surface area contributed by atoms with Crippen molar-refractivity contribution in [1.82, 2.24) is 19.7 Å². The minimum Gasteiger partial charge on any atom is -0.367 e. The number of aromatic nitrogens is 4. The Kier molecular flexibility index (Phi) is 6.86. The van der Waals surface area contributed by atoms with Crippen LogP contribution in [0.15, 0.2) is 36.9 Å². The number of anilines is 1. The first-order valence-corrected chi connectivity index (χ1v) is 12.5. The molecule has 0 aromatic carbocycles. The number of carbonyl (C=O) groups is 1. The lowest BCUT2D eigenvalue weighted by Gasteiger charge is -2.15. The largest absolute Gasteiger partial charge is 0.367 e. The number of carbonyl (C=O) groups excluding carboxylic acids is 1. The van der Waals surface area contributed by atoms with E-state index in [1.54, 1.807) is 16.9 Å². The molecule has 1 aliphatic rings. The summed E-state index contributed by atoms with van der Waals surface area (Å²) in [4.78, 5) is 22.3. The maximum atomic E-state index is 13.1. The lowest BCUT2D eigenvalue weighted by Crippen LogP contribution is -2.22. The molecule has 3 N–H and O–H groups in total. The lowest BCUT2D eigenvalue weighted by molar-refractivity contribution is 0.103. The van der Waals surface area contributed by atoms with E-state index in [0.29, 0.717) is 28.7 Å². The van der Waals surface area contributed by atoms with E-state index >= 15 is 0 Å². The zero-order chi connectivity index (χ0) is 22.7. The second-order valence-corrected chi connectivity index (χ2v) is 10.5. The van der Waals surface area contributed by atoms with Crippen LogP contribution < -0.4 is 10.5 Å². The summed E-state index contributed by atoms with van der Waals surface area (Å²) in [6.45, 7) is 0.560. The monoisotopic (exact) mass is 496 g/mol. The fourth-order valence-electron chi connectivity index (χ4n) is 3.66. The van der Waals surface area contributed by atoms with Crippen molar-refractivity contribution in [3.05, 3.63) is 57.4 Å². The van der Waals surface area contributed by atoms with Crippen LogP contribution in [0.4, 0.5) is 5.82 Å². The number of ketones is 1. The van der Waals surface area contributed by atoms with E-state index in [9.17, 15) is 13.2 Å². The molecule has 0 unspecified atom stereocenters. The molecule has 1 fully saturated rings. The van der Waals surface area contributed by atoms with Crippen LogP contribution in [0.1, 0.15) is 40.2 Å². The Labute approximate surface area is 194 Å². The van der Waals surface area contributed by atoms with Gasteiger partial charge in [0.25, 0.3) is 0 Å². The van der Waals surface area contributed by atoms with Gasteiger partial charge in [0.15, 0.2) is 0 Å². The molecule has 10 nitrogen and oxygen atoms in total. The summed E-state index contributed by atoms with van der Waals surface area (Å²) in [6, 6.07) is 5.42. The highest BCUT2D eigenvalue weighted by molar-refractivity contribution is 7.84. The molecular weight excluding hydrogens is 476 g/mol. The van der Waals surface area contributed by atoms with Gasteiger partial charge < -0.3 is 5.32 Å². The van der Waals surface area contributed by atoms with E-state index in [4.69, 9.17) is 20.9 Å². The molecule has 3 aromatic heterocycles. The molecule has 13 heteroatoms. The van der Waals surface area contributed by atoms with Crippen molar-refractivity contribution >= 4 is 44.8 Å². The van der Waals surface area contributed by atoms with Crippen molar-refractivity contribution in [2.45, 2.75) is 31.8 Å². The molecule has 0 bridgehead atoms. The summed E-state index contributed by atoms with van der Waals surface area (Å²) in [5.41, 5.74) is 0.609. The number of halogens is 1. The normalized spacial score (nSPS) is 18.7. The molecular formula is C19H21ClN6O4S2. The summed E-state index contributed by atoms with van der Waals surface area (Å²) >= 11 is 7.43. The van der Waals surface area contributed by atoms with Crippen LogP contribution in [0, 0.1) is 5.92 Å². The number of hydrogen-bond donors (Lipinski definition) is 2. The van der Waals surface area contributed by atoms with Crippen molar-refractivity contribution in [2.24, 2.45) is 11.1 Å². The Balaban J connectivity index is 1.42. The third kappa shape index (κ3) is 5.90. The average Bonchev–Trinajstić information content (AvgIpc) is 3.48. The summed E-state index contributed by atoms with van der Waals surface area (Å²) in [5.74, 6) is 0.180. The lowest BCUT2D eigenvalue weighted by atomic mass is 10.1. The molecule has 3 heterocycles. The van der Waals surface area contributed by atoms with Crippen molar-refractivity contribution in [1.29, 1.82) is 0 Å². The zero-order valence-electron chi connectivity index (χ0n) is 16.8. The first-order valence-electron chi connectivity index (χ1n) is 9.83. The number of hydrogen-bond acceptors (Lipinski definition) is 9. The van der Waals surface area contributed by atoms with E-state index < -0.39 is 10.3 Å². The summed E-state index contributed by atoms with van der Waals surface area (Å²) in [5, 5.41) is 12.6. The van der Waals surface area contributed by atoms with Crippen molar-refractivity contribution in [2.75, 3.05) is 11.9 Å². The molecule has 0 spiro atoms. The number of rotatable bonds is 9. The van der Waals surface area contributed by atoms with E-state index in [-0.39, 0.29) is 30.0 Å². The van der Waals surface area contributed by atoms with Crippen molar-refractivity contribution in [3.8, 4) is 0 Å². The molecule has 1 aliphatic carbocycles. The highest BCUT2D eigenvalue weighted by Crippen LogP contribution is 2.29. The Morgan fingerprint density at radius 2 is 2.19 bits per heavy atom. The highest BCUT2D eigenvalue weighted by atomic mass is 35.5. The highest BCUT2D eigenvalue weighted by Gasteiger charge is 2.28. The van der Waals surface area contributed by atoms with Crippen LogP contribution in [0.2, 0.25) is 4.34 Å². The first kappa shape index (κ1) is 22.8. The second-order valence-electron chi connectivity index (χ2n) is 7.52. The van der Waals surface area contributed by atoms with Gasteiger partial charge in [-0.3, -0.25) is 13.7 Å². The Bertz CT molecular complexity index is 1210. The number of thiophene rings is 1. The maximum Gasteiger partial charge on any atom is 0.333 e. The van der Waals surface area contributed by atoms with Crippen LogP contribution in [0.5, 0.6) is 0 Å². The van der Waals surface area contributed by atoms with Gasteiger partial charge >= 0.3 is 10.3 Å². The predicted molar refractivity (Wildman–Crippen MR) is 120 cm³/mol. The molecule has 4 rings (SSSR count). The van der Waals surface area contributed by atoms with Gasteiger partial charge in [0.1, 0.15) is 17.8 Å². The van der Waals surface area contributed by atoms with Crippen LogP contribution in [0.3, 0.4) is 0 Å². The summed E-state index contributed by atoms with van der Waals surface area (Å²) in [7, 11) is -3.95. The molecule has 3 aromatic rings. The zero-order valence-corrected chi connectivity index (χ0v) is 19.2. The topological polar surface area (TPSA) is 142 Å². The average molecular weight is 497 g/mol. The van der Waals surface area contributed by atoms with Crippen LogP contribution in [0.25, 0.3) is 0 Å². The Morgan fingerprint density at radius 3 is 2.94 bits per heavy atom. The maximum absolute atomic E-state index is 13.1. The Hall–Kier alpha value is -2.38. The molecule has 0 amide bonds. The standard InChI is InChI=1S/C19H21ClN6O4S2/c20-17-4-3-14(31-17)9-26-6-5-16(25-26)18(27)15-8-22-11-23-19(15)24-13-2-1-12(7-13)10-30-32(21,28)29/h3-6,8,11-13H,1-2,7,9-10H2,(H2,21,28,29)(H,22,23,24)/t12-,13+/m1/s1. The predicted octanol–water partition coefficient (Wildman–Crippen LogP) is 2.47. The van der Waals surface area contributed by atoms with E-state index in [1.165, 1.54) is 23.9 Å². The van der Waals surface area contributed by atoms with Gasteiger partial charge in [-0.25, -0.2) is 15.1 Å². The number of nitrogens with two attached hydrogens (primary N) is 1. The second kappa shape index (κ2) is 9.63. The van der Waals surface area contributed by atoms with Crippen molar-refractivity contribution < 1.29 is 17.4 Å². The van der Waals surface area contributed by atoms with Crippen molar-refractivity contribution in [3.63, 3.8) is 0 Å². The summed E-state index contributed by atoms with van der Waals surface area (Å²) < 4.78 is 29.1. The summed E-state index contributed by atoms with van der Waals surface area (Å²) in [6.07, 6.45) is 6.81. The Morgan fingerprint density at radius 1 is 1.34 bits per heavy atom. The van der Waals surface area contributed by atoms with E-state index in [2.05, 4.69) is 20.4 Å². The number of nitrogens with one attached hydrogen (secondary N) is 1. The van der Waals surface area contributed by atoms with Gasteiger partial charge in [0.05, 0.1) is 23.1 Å². The van der Waals surface area contributed by atoms with Gasteiger partial charge in [0.2, 0.25) is 5.78 Å². The SMILES string of the molecule is NS(=O)(=O)OC[C@@H]1CC[C@H](Nc2ncncc2C(=O)c2ccn(Cc3ccc(Cl)s3)n2)C1. The van der Waals surface area contributed by atoms with Crippen LogP contribution >= 0.6 is 22.9 Å². The molecule has 0 aliphatic heterocycles. The van der Waals surface area contributed by atoms with E-state index in [0.717, 1.165) is 17.7 Å². The van der Waals surface area contributed by atoms with Gasteiger partial charge in [-0.05, 0) is 43.4 Å². The van der Waals surface area contributed by atoms with Crippen LogP contribution in [-0.2, 0) is 21.0 Å². The molecule has 170 valence electrons. The molecule has 0 radical (unpaired) electrons. The van der Waals surface area contributed by atoms with E-state index in [1.807, 2.05) is 12.1 Å². The molecule has 0 saturated heterocycles. The van der Waals surface area contributed by atoms with Crippen LogP contribution in [-0.4, -0.2) is 46.6 Å². The van der Waals surface area contributed by atoms with Gasteiger partial charge in [0, 0.05) is 23.3 Å². The minimum atomic E-state index is -3.95. The van der Waals surface area contributed by atoms with Gasteiger partial charge in [-0.2, -0.15) is 13.5 Å². The first-order chi connectivity index (χ1) is 15.3. The smallest absolute Gasteiger partial charge is 0.333 e. The fraction of sp³-hybridized carbons (Fsp3) is 0.368. The number of nitrogens with zero attached hydrogens (tertiary/aromatic N) is 4. The minimum absolute atomic E-state index is 0.0201. The quantitative estimate of drug-likeness (QED) is 0.430. The molecule has 32 heavy (non-hydrogen) atoms. The third-order valence-corrected chi connectivity index (χ3v) is 6.81. The van der Waals surface area contributed by atoms with Gasteiger partial charge in [-0.15, -0.1) is 11.3 Å². The fourth-order valence-corrected chi connectivity index (χ4v) is 5.12. The molecule has 2 atom stereocenters. The van der Waals surface area contributed by atoms with Gasteiger partial charge in [-0.1, -0.05) is 11.6 Å².